The van der Waals surface area contributed by atoms with E-state index in [-0.39, 0.29) is 24.5 Å². The van der Waals surface area contributed by atoms with Crippen LogP contribution in [0, 0.1) is 0 Å². The Morgan fingerprint density at radius 1 is 1.38 bits per heavy atom. The van der Waals surface area contributed by atoms with E-state index in [4.69, 9.17) is 19.5 Å². The van der Waals surface area contributed by atoms with E-state index in [0.29, 0.717) is 6.42 Å². The van der Waals surface area contributed by atoms with Crippen LogP contribution in [0.1, 0.15) is 45.4 Å². The number of primary amides is 1. The topological polar surface area (TPSA) is 87.6 Å². The number of hydrogen-bond donors (Lipinski definition) is 2. The fourth-order valence-electron chi connectivity index (χ4n) is 1.53. The van der Waals surface area contributed by atoms with E-state index >= 15 is 0 Å². The zero-order chi connectivity index (χ0) is 12.4. The number of nitrogens with two attached hydrogens (primary N) is 2. The molecule has 1 amide bonds. The molecule has 0 saturated heterocycles. The Morgan fingerprint density at radius 2 is 2.06 bits per heavy atom. The van der Waals surface area contributed by atoms with Crippen LogP contribution in [0.5, 0.6) is 0 Å². The highest BCUT2D eigenvalue weighted by Crippen LogP contribution is 2.16. The molecule has 0 aromatic rings. The minimum Gasteiger partial charge on any atom is -0.370 e. The van der Waals surface area contributed by atoms with Crippen LogP contribution in [0.3, 0.4) is 0 Å². The van der Waals surface area contributed by atoms with Crippen LogP contribution in [0.4, 0.5) is 0 Å². The van der Waals surface area contributed by atoms with Crippen molar-refractivity contribution in [2.75, 3.05) is 0 Å². The first-order chi connectivity index (χ1) is 7.63. The Kier molecular flexibility index (Phi) is 10.3. The molecule has 0 spiro atoms. The molecule has 0 bridgehead atoms. The van der Waals surface area contributed by atoms with Crippen molar-refractivity contribution in [1.82, 2.24) is 0 Å². The molecule has 0 radical (unpaired) electrons. The number of unbranched alkanes of at least 4 members (excludes halogenated alkanes) is 2. The summed E-state index contributed by atoms with van der Waals surface area (Å²) in [6.45, 7) is 2.14. The van der Waals surface area contributed by atoms with Crippen molar-refractivity contribution < 1.29 is 12.7 Å². The van der Waals surface area contributed by atoms with E-state index in [9.17, 15) is 4.79 Å². The largest absolute Gasteiger partial charge is 0.370 e. The SMILES string of the molecule is CCCCCC(CC(CC(N)=O)OI)ON. The number of hydrogen-bond acceptors (Lipinski definition) is 4. The summed E-state index contributed by atoms with van der Waals surface area (Å²) in [5.74, 6) is 4.85. The van der Waals surface area contributed by atoms with Gasteiger partial charge in [0.2, 0.25) is 5.91 Å². The van der Waals surface area contributed by atoms with Crippen LogP contribution in [-0.4, -0.2) is 18.1 Å². The van der Waals surface area contributed by atoms with Gasteiger partial charge in [-0.1, -0.05) is 26.2 Å². The van der Waals surface area contributed by atoms with Gasteiger partial charge in [-0.2, -0.15) is 0 Å². The Bertz CT molecular complexity index is 193. The van der Waals surface area contributed by atoms with E-state index in [1.54, 1.807) is 23.0 Å². The highest BCUT2D eigenvalue weighted by molar-refractivity contribution is 14.1. The third-order valence-corrected chi connectivity index (χ3v) is 3.12. The Morgan fingerprint density at radius 3 is 2.50 bits per heavy atom. The molecule has 0 aliphatic carbocycles. The van der Waals surface area contributed by atoms with E-state index in [1.165, 1.54) is 0 Å². The van der Waals surface area contributed by atoms with Crippen molar-refractivity contribution in [3.05, 3.63) is 0 Å². The Balaban J connectivity index is 3.91. The summed E-state index contributed by atoms with van der Waals surface area (Å²) in [6.07, 6.45) is 4.81. The fraction of sp³-hybridized carbons (Fsp3) is 0.900. The van der Waals surface area contributed by atoms with Crippen molar-refractivity contribution in [3.8, 4) is 0 Å². The molecular formula is C10H21IN2O3. The van der Waals surface area contributed by atoms with Gasteiger partial charge in [-0.25, -0.2) is 5.90 Å². The molecule has 5 nitrogen and oxygen atoms in total. The van der Waals surface area contributed by atoms with Crippen molar-refractivity contribution >= 4 is 28.9 Å². The molecule has 0 aromatic carbocycles. The number of amides is 1. The van der Waals surface area contributed by atoms with E-state index < -0.39 is 0 Å². The van der Waals surface area contributed by atoms with Crippen LogP contribution in [0.25, 0.3) is 0 Å². The molecular weight excluding hydrogens is 323 g/mol. The second-order valence-electron chi connectivity index (χ2n) is 3.87. The predicted molar refractivity (Wildman–Crippen MR) is 70.5 cm³/mol. The van der Waals surface area contributed by atoms with Gasteiger partial charge in [0, 0.05) is 6.42 Å². The maximum atomic E-state index is 10.8. The lowest BCUT2D eigenvalue weighted by Gasteiger charge is -2.19. The van der Waals surface area contributed by atoms with Crippen molar-refractivity contribution in [3.63, 3.8) is 0 Å². The highest BCUT2D eigenvalue weighted by Gasteiger charge is 2.18. The maximum absolute atomic E-state index is 10.8. The van der Waals surface area contributed by atoms with Gasteiger partial charge in [-0.15, -0.1) is 0 Å². The summed E-state index contributed by atoms with van der Waals surface area (Å²) < 4.78 is 5.13. The van der Waals surface area contributed by atoms with Crippen LogP contribution in [0.2, 0.25) is 0 Å². The number of rotatable bonds is 10. The third kappa shape index (κ3) is 8.26. The van der Waals surface area contributed by atoms with Crippen molar-refractivity contribution in [2.24, 2.45) is 11.6 Å². The molecule has 2 unspecified atom stereocenters. The summed E-state index contributed by atoms with van der Waals surface area (Å²) in [5.41, 5.74) is 5.11. The zero-order valence-corrected chi connectivity index (χ0v) is 11.8. The zero-order valence-electron chi connectivity index (χ0n) is 9.65. The second-order valence-corrected chi connectivity index (χ2v) is 4.38. The standard InChI is InChI=1S/C10H21IN2O3/c1-2-3-4-5-8(16-13)6-9(15-11)7-10(12)14/h8-9H,2-7,13H2,1H3,(H2,12,14). The molecule has 96 valence electrons. The lowest BCUT2D eigenvalue weighted by molar-refractivity contribution is -0.119. The summed E-state index contributed by atoms with van der Waals surface area (Å²) in [6, 6.07) is 0. The first kappa shape index (κ1) is 16.1. The molecule has 0 saturated carbocycles. The molecule has 16 heavy (non-hydrogen) atoms. The number of carbonyl (C=O) groups excluding carboxylic acids is 1. The van der Waals surface area contributed by atoms with Gasteiger partial charge in [-0.3, -0.25) is 4.79 Å². The number of carbonyl (C=O) groups is 1. The molecule has 0 fully saturated rings. The molecule has 0 aromatic heterocycles. The van der Waals surface area contributed by atoms with Crippen LogP contribution >= 0.6 is 23.0 Å². The second kappa shape index (κ2) is 10.2. The van der Waals surface area contributed by atoms with Gasteiger partial charge in [0.15, 0.2) is 0 Å². The monoisotopic (exact) mass is 344 g/mol. The van der Waals surface area contributed by atoms with Crippen LogP contribution < -0.4 is 11.6 Å². The highest BCUT2D eigenvalue weighted by atomic mass is 127. The molecule has 0 heterocycles. The van der Waals surface area contributed by atoms with Gasteiger partial charge < -0.3 is 13.6 Å². The Labute approximate surface area is 111 Å². The van der Waals surface area contributed by atoms with Gasteiger partial charge in [-0.05, 0) is 6.42 Å². The molecule has 6 heteroatoms. The third-order valence-electron chi connectivity index (χ3n) is 2.40. The quantitative estimate of drug-likeness (QED) is 0.360. The van der Waals surface area contributed by atoms with Crippen LogP contribution in [0.15, 0.2) is 0 Å². The normalized spacial score (nSPS) is 14.7. The average molecular weight is 344 g/mol. The maximum Gasteiger partial charge on any atom is 0.220 e. The van der Waals surface area contributed by atoms with Crippen LogP contribution in [-0.2, 0) is 12.7 Å². The van der Waals surface area contributed by atoms with Gasteiger partial charge in [0.1, 0.15) is 23.0 Å². The van der Waals surface area contributed by atoms with Gasteiger partial charge >= 0.3 is 0 Å². The molecule has 4 N–H and O–H groups in total. The lowest BCUT2D eigenvalue weighted by Crippen LogP contribution is -2.27. The molecule has 0 aliphatic heterocycles. The molecule has 0 aliphatic rings. The summed E-state index contributed by atoms with van der Waals surface area (Å²) in [7, 11) is 0. The van der Waals surface area contributed by atoms with Gasteiger partial charge in [0.25, 0.3) is 0 Å². The summed E-state index contributed by atoms with van der Waals surface area (Å²) >= 11 is 1.77. The van der Waals surface area contributed by atoms with Crippen molar-refractivity contribution in [2.45, 2.75) is 57.7 Å². The number of halogens is 1. The fourth-order valence-corrected chi connectivity index (χ4v) is 1.92. The lowest BCUT2D eigenvalue weighted by atomic mass is 10.0. The summed E-state index contributed by atoms with van der Waals surface area (Å²) in [5, 5.41) is 0. The molecule has 0 rings (SSSR count). The van der Waals surface area contributed by atoms with E-state index in [1.807, 2.05) is 0 Å². The first-order valence-electron chi connectivity index (χ1n) is 5.55. The smallest absolute Gasteiger partial charge is 0.220 e. The van der Waals surface area contributed by atoms with Gasteiger partial charge in [0.05, 0.1) is 18.6 Å². The average Bonchev–Trinajstić information content (AvgIpc) is 2.26. The minimum atomic E-state index is -0.369. The van der Waals surface area contributed by atoms with E-state index in [0.717, 1.165) is 25.7 Å². The van der Waals surface area contributed by atoms with Crippen molar-refractivity contribution in [1.29, 1.82) is 0 Å². The first-order valence-corrected chi connectivity index (χ1v) is 6.43. The predicted octanol–water partition coefficient (Wildman–Crippen LogP) is 1.83. The Hall–Kier alpha value is 0.0800. The minimum absolute atomic E-state index is 0.0642. The molecule has 2 atom stereocenters. The van der Waals surface area contributed by atoms with E-state index in [2.05, 4.69) is 6.92 Å². The summed E-state index contributed by atoms with van der Waals surface area (Å²) in [4.78, 5) is 15.6.